The average molecular weight is 367 g/mol. The number of carbonyl (C=O) groups excluding carboxylic acids is 2. The summed E-state index contributed by atoms with van der Waals surface area (Å²) in [5, 5.41) is 2.97. The van der Waals surface area contributed by atoms with E-state index in [4.69, 9.17) is 0 Å². The normalized spacial score (nSPS) is 11.6. The monoisotopic (exact) mass is 366 g/mol. The summed E-state index contributed by atoms with van der Waals surface area (Å²) < 4.78 is 0. The fraction of sp³-hybridized carbons (Fsp3) is 0.391. The van der Waals surface area contributed by atoms with Gasteiger partial charge in [0.15, 0.2) is 0 Å². The highest BCUT2D eigenvalue weighted by molar-refractivity contribution is 5.88. The third-order valence-electron chi connectivity index (χ3n) is 4.64. The molecular weight excluding hydrogens is 336 g/mol. The molecule has 0 saturated heterocycles. The maximum absolute atomic E-state index is 13.0. The minimum atomic E-state index is -0.511. The number of unbranched alkanes of at least 4 members (excludes halogenated alkanes) is 2. The highest BCUT2D eigenvalue weighted by Gasteiger charge is 2.25. The molecule has 0 heterocycles. The summed E-state index contributed by atoms with van der Waals surface area (Å²) in [6, 6.07) is 19.0. The second-order valence-electron chi connectivity index (χ2n) is 6.84. The first-order chi connectivity index (χ1) is 13.1. The minimum absolute atomic E-state index is 0.0405. The molecule has 2 amide bonds. The van der Waals surface area contributed by atoms with Crippen molar-refractivity contribution in [3.63, 3.8) is 0 Å². The van der Waals surface area contributed by atoms with Gasteiger partial charge >= 0.3 is 0 Å². The predicted molar refractivity (Wildman–Crippen MR) is 109 cm³/mol. The Morgan fingerprint density at radius 3 is 2.11 bits per heavy atom. The van der Waals surface area contributed by atoms with Gasteiger partial charge in [0.05, 0.1) is 6.42 Å². The number of rotatable bonds is 10. The van der Waals surface area contributed by atoms with E-state index >= 15 is 0 Å². The molecule has 0 bridgehead atoms. The van der Waals surface area contributed by atoms with Gasteiger partial charge in [-0.2, -0.15) is 0 Å². The summed E-state index contributed by atoms with van der Waals surface area (Å²) in [6.07, 6.45) is 3.46. The summed E-state index contributed by atoms with van der Waals surface area (Å²) in [7, 11) is 0. The fourth-order valence-corrected chi connectivity index (χ4v) is 2.97. The largest absolute Gasteiger partial charge is 0.354 e. The highest BCUT2D eigenvalue weighted by atomic mass is 16.2. The van der Waals surface area contributed by atoms with Crippen LogP contribution in [0.2, 0.25) is 0 Å². The van der Waals surface area contributed by atoms with Crippen LogP contribution >= 0.6 is 0 Å². The third-order valence-corrected chi connectivity index (χ3v) is 4.64. The van der Waals surface area contributed by atoms with Gasteiger partial charge in [0, 0.05) is 13.1 Å². The number of nitrogens with zero attached hydrogens (tertiary/aromatic N) is 1. The van der Waals surface area contributed by atoms with Gasteiger partial charge in [-0.05, 0) is 24.5 Å². The number of benzene rings is 2. The Hall–Kier alpha value is -2.62. The van der Waals surface area contributed by atoms with Crippen molar-refractivity contribution in [2.75, 3.05) is 6.54 Å². The molecule has 2 aromatic rings. The van der Waals surface area contributed by atoms with Crippen molar-refractivity contribution in [2.45, 2.75) is 52.1 Å². The molecule has 0 fully saturated rings. The SMILES string of the molecule is CCCCCNC(=O)C(C)N(Cc1ccccc1)C(=O)Cc1ccccc1. The zero-order valence-corrected chi connectivity index (χ0v) is 16.4. The maximum Gasteiger partial charge on any atom is 0.242 e. The van der Waals surface area contributed by atoms with E-state index < -0.39 is 6.04 Å². The summed E-state index contributed by atoms with van der Waals surface area (Å²) in [5.41, 5.74) is 1.97. The van der Waals surface area contributed by atoms with Crippen molar-refractivity contribution >= 4 is 11.8 Å². The first-order valence-electron chi connectivity index (χ1n) is 9.76. The Bertz CT molecular complexity index is 701. The number of nitrogens with one attached hydrogen (secondary N) is 1. The Morgan fingerprint density at radius 1 is 0.926 bits per heavy atom. The number of carbonyl (C=O) groups is 2. The molecule has 0 aromatic heterocycles. The minimum Gasteiger partial charge on any atom is -0.354 e. The molecule has 4 heteroatoms. The van der Waals surface area contributed by atoms with Crippen LogP contribution in [0.3, 0.4) is 0 Å². The summed E-state index contributed by atoms with van der Waals surface area (Å²) in [4.78, 5) is 27.3. The zero-order chi connectivity index (χ0) is 19.5. The van der Waals surface area contributed by atoms with Crippen LogP contribution in [0.4, 0.5) is 0 Å². The maximum atomic E-state index is 13.0. The van der Waals surface area contributed by atoms with Gasteiger partial charge in [-0.15, -0.1) is 0 Å². The van der Waals surface area contributed by atoms with Crippen LogP contribution in [0.25, 0.3) is 0 Å². The molecule has 0 saturated carbocycles. The fourth-order valence-electron chi connectivity index (χ4n) is 2.97. The lowest BCUT2D eigenvalue weighted by molar-refractivity contribution is -0.140. The van der Waals surface area contributed by atoms with Crippen LogP contribution in [-0.4, -0.2) is 29.3 Å². The van der Waals surface area contributed by atoms with Gasteiger partial charge in [0.1, 0.15) is 6.04 Å². The Balaban J connectivity index is 2.08. The summed E-state index contributed by atoms with van der Waals surface area (Å²) in [5.74, 6) is -0.135. The molecule has 27 heavy (non-hydrogen) atoms. The van der Waals surface area contributed by atoms with Crippen LogP contribution in [0.5, 0.6) is 0 Å². The smallest absolute Gasteiger partial charge is 0.242 e. The molecule has 4 nitrogen and oxygen atoms in total. The van der Waals surface area contributed by atoms with E-state index in [1.165, 1.54) is 0 Å². The van der Waals surface area contributed by atoms with E-state index in [2.05, 4.69) is 12.2 Å². The van der Waals surface area contributed by atoms with Gasteiger partial charge in [-0.3, -0.25) is 9.59 Å². The quantitative estimate of drug-likeness (QED) is 0.647. The van der Waals surface area contributed by atoms with Crippen LogP contribution < -0.4 is 5.32 Å². The van der Waals surface area contributed by atoms with Crippen molar-refractivity contribution in [3.05, 3.63) is 71.8 Å². The molecule has 1 unspecified atom stereocenters. The molecule has 2 aromatic carbocycles. The molecule has 144 valence electrons. The van der Waals surface area contributed by atoms with Gasteiger partial charge < -0.3 is 10.2 Å². The first-order valence-corrected chi connectivity index (χ1v) is 9.76. The van der Waals surface area contributed by atoms with E-state index in [-0.39, 0.29) is 11.8 Å². The first kappa shape index (κ1) is 20.7. The molecular formula is C23H30N2O2. The van der Waals surface area contributed by atoms with Crippen LogP contribution in [0.15, 0.2) is 60.7 Å². The van der Waals surface area contributed by atoms with Crippen molar-refractivity contribution in [1.82, 2.24) is 10.2 Å². The van der Waals surface area contributed by atoms with Crippen molar-refractivity contribution in [3.8, 4) is 0 Å². The lowest BCUT2D eigenvalue weighted by Gasteiger charge is -2.29. The molecule has 0 aliphatic carbocycles. The van der Waals surface area contributed by atoms with Crippen LogP contribution in [0, 0.1) is 0 Å². The lowest BCUT2D eigenvalue weighted by Crippen LogP contribution is -2.48. The van der Waals surface area contributed by atoms with Crippen molar-refractivity contribution < 1.29 is 9.59 Å². The number of hydrogen-bond donors (Lipinski definition) is 1. The molecule has 0 aliphatic heterocycles. The second-order valence-corrected chi connectivity index (χ2v) is 6.84. The summed E-state index contributed by atoms with van der Waals surface area (Å²) in [6.45, 7) is 5.02. The Morgan fingerprint density at radius 2 is 1.52 bits per heavy atom. The highest BCUT2D eigenvalue weighted by Crippen LogP contribution is 2.12. The Labute approximate surface area is 162 Å². The topological polar surface area (TPSA) is 49.4 Å². The van der Waals surface area contributed by atoms with E-state index in [1.807, 2.05) is 60.7 Å². The molecule has 0 radical (unpaired) electrons. The van der Waals surface area contributed by atoms with E-state index in [0.29, 0.717) is 19.5 Å². The second kappa shape index (κ2) is 11.2. The van der Waals surface area contributed by atoms with Crippen LogP contribution in [0.1, 0.15) is 44.2 Å². The predicted octanol–water partition coefficient (Wildman–Crippen LogP) is 3.95. The van der Waals surface area contributed by atoms with Crippen molar-refractivity contribution in [2.24, 2.45) is 0 Å². The molecule has 1 N–H and O–H groups in total. The standard InChI is InChI=1S/C23H30N2O2/c1-3-4-11-16-24-23(27)19(2)25(18-21-14-9-6-10-15-21)22(26)17-20-12-7-5-8-13-20/h5-10,12-15,19H,3-4,11,16-18H2,1-2H3,(H,24,27). The molecule has 0 aliphatic rings. The van der Waals surface area contributed by atoms with Crippen LogP contribution in [-0.2, 0) is 22.6 Å². The van der Waals surface area contributed by atoms with Gasteiger partial charge in [0.2, 0.25) is 11.8 Å². The third kappa shape index (κ3) is 6.89. The lowest BCUT2D eigenvalue weighted by atomic mass is 10.1. The number of amides is 2. The average Bonchev–Trinajstić information content (AvgIpc) is 2.70. The van der Waals surface area contributed by atoms with Gasteiger partial charge in [-0.25, -0.2) is 0 Å². The van der Waals surface area contributed by atoms with E-state index in [0.717, 1.165) is 30.4 Å². The molecule has 2 rings (SSSR count). The van der Waals surface area contributed by atoms with Gasteiger partial charge in [-0.1, -0.05) is 80.4 Å². The van der Waals surface area contributed by atoms with E-state index in [1.54, 1.807) is 11.8 Å². The molecule has 1 atom stereocenters. The summed E-state index contributed by atoms with van der Waals surface area (Å²) >= 11 is 0. The van der Waals surface area contributed by atoms with E-state index in [9.17, 15) is 9.59 Å². The molecule has 0 spiro atoms. The van der Waals surface area contributed by atoms with Gasteiger partial charge in [0.25, 0.3) is 0 Å². The zero-order valence-electron chi connectivity index (χ0n) is 16.4. The number of hydrogen-bond acceptors (Lipinski definition) is 2. The Kier molecular flexibility index (Phi) is 8.56. The van der Waals surface area contributed by atoms with Crippen molar-refractivity contribution in [1.29, 1.82) is 0 Å².